The molecule has 5 heteroatoms. The fourth-order valence-electron chi connectivity index (χ4n) is 2.28. The maximum atomic E-state index is 9.06. The van der Waals surface area contributed by atoms with Crippen molar-refractivity contribution in [3.8, 4) is 0 Å². The number of guanidine groups is 1. The SMILES string of the molecule is CCCC(CCO)CN=C(NCC)NCCC1CC1.I. The van der Waals surface area contributed by atoms with E-state index in [1.165, 1.54) is 19.3 Å². The lowest BCUT2D eigenvalue weighted by Gasteiger charge is -2.15. The summed E-state index contributed by atoms with van der Waals surface area (Å²) in [6.45, 7) is 7.28. The van der Waals surface area contributed by atoms with Crippen LogP contribution < -0.4 is 10.6 Å². The fraction of sp³-hybridized carbons (Fsp3) is 0.933. The smallest absolute Gasteiger partial charge is 0.191 e. The van der Waals surface area contributed by atoms with Gasteiger partial charge in [0.1, 0.15) is 0 Å². The van der Waals surface area contributed by atoms with Crippen molar-refractivity contribution in [3.63, 3.8) is 0 Å². The van der Waals surface area contributed by atoms with E-state index in [1.807, 2.05) is 0 Å². The molecule has 3 N–H and O–H groups in total. The van der Waals surface area contributed by atoms with Gasteiger partial charge >= 0.3 is 0 Å². The Hall–Kier alpha value is -0.0400. The van der Waals surface area contributed by atoms with Gasteiger partial charge in [-0.05, 0) is 38.0 Å². The molecule has 1 atom stereocenters. The molecule has 0 aromatic carbocycles. The lowest BCUT2D eigenvalue weighted by atomic mass is 10.0. The van der Waals surface area contributed by atoms with E-state index in [4.69, 9.17) is 5.11 Å². The van der Waals surface area contributed by atoms with Gasteiger partial charge in [0.05, 0.1) is 0 Å². The third kappa shape index (κ3) is 9.80. The van der Waals surface area contributed by atoms with Gasteiger partial charge in [0.15, 0.2) is 5.96 Å². The van der Waals surface area contributed by atoms with Gasteiger partial charge in [-0.15, -0.1) is 24.0 Å². The number of aliphatic imine (C=N–C) groups is 1. The third-order valence-corrected chi connectivity index (χ3v) is 3.63. The Morgan fingerprint density at radius 3 is 2.55 bits per heavy atom. The molecular formula is C15H32IN3O. The minimum atomic E-state index is 0. The minimum absolute atomic E-state index is 0. The molecule has 0 amide bonds. The number of nitrogens with zero attached hydrogens (tertiary/aromatic N) is 1. The third-order valence-electron chi connectivity index (χ3n) is 3.63. The van der Waals surface area contributed by atoms with E-state index in [2.05, 4.69) is 29.5 Å². The first-order valence-corrected chi connectivity index (χ1v) is 7.93. The molecule has 0 saturated heterocycles. The summed E-state index contributed by atoms with van der Waals surface area (Å²) >= 11 is 0. The van der Waals surface area contributed by atoms with E-state index in [9.17, 15) is 0 Å². The van der Waals surface area contributed by atoms with Crippen LogP contribution in [0.15, 0.2) is 4.99 Å². The summed E-state index contributed by atoms with van der Waals surface area (Å²) in [6, 6.07) is 0. The predicted molar refractivity (Wildman–Crippen MR) is 96.8 cm³/mol. The molecule has 0 radical (unpaired) electrons. The van der Waals surface area contributed by atoms with Crippen molar-refractivity contribution in [2.75, 3.05) is 26.2 Å². The van der Waals surface area contributed by atoms with E-state index in [0.717, 1.165) is 50.8 Å². The van der Waals surface area contributed by atoms with E-state index in [1.54, 1.807) is 0 Å². The number of nitrogens with one attached hydrogen (secondary N) is 2. The van der Waals surface area contributed by atoms with Crippen molar-refractivity contribution < 1.29 is 5.11 Å². The summed E-state index contributed by atoms with van der Waals surface area (Å²) in [5, 5.41) is 15.8. The average Bonchev–Trinajstić information content (AvgIpc) is 3.20. The molecule has 1 saturated carbocycles. The molecule has 1 aliphatic carbocycles. The summed E-state index contributed by atoms with van der Waals surface area (Å²) in [4.78, 5) is 4.65. The van der Waals surface area contributed by atoms with Crippen molar-refractivity contribution in [3.05, 3.63) is 0 Å². The van der Waals surface area contributed by atoms with E-state index in [0.29, 0.717) is 5.92 Å². The Labute approximate surface area is 141 Å². The van der Waals surface area contributed by atoms with Gasteiger partial charge in [0, 0.05) is 26.2 Å². The number of hydrogen-bond donors (Lipinski definition) is 3. The molecule has 0 bridgehead atoms. The summed E-state index contributed by atoms with van der Waals surface area (Å²) in [6.07, 6.45) is 7.24. The van der Waals surface area contributed by atoms with E-state index >= 15 is 0 Å². The summed E-state index contributed by atoms with van der Waals surface area (Å²) in [5.74, 6) is 2.40. The maximum absolute atomic E-state index is 9.06. The van der Waals surface area contributed by atoms with Gasteiger partial charge in [0.25, 0.3) is 0 Å². The molecule has 1 aliphatic rings. The molecule has 1 fully saturated rings. The molecule has 20 heavy (non-hydrogen) atoms. The molecule has 120 valence electrons. The van der Waals surface area contributed by atoms with Gasteiger partial charge in [-0.25, -0.2) is 0 Å². The van der Waals surface area contributed by atoms with Crippen molar-refractivity contribution >= 4 is 29.9 Å². The zero-order chi connectivity index (χ0) is 13.9. The monoisotopic (exact) mass is 397 g/mol. The Morgan fingerprint density at radius 1 is 1.25 bits per heavy atom. The van der Waals surface area contributed by atoms with Gasteiger partial charge in [-0.3, -0.25) is 4.99 Å². The Balaban J connectivity index is 0.00000361. The van der Waals surface area contributed by atoms with Crippen molar-refractivity contribution in [2.45, 2.75) is 52.4 Å². The van der Waals surface area contributed by atoms with Gasteiger partial charge < -0.3 is 15.7 Å². The van der Waals surface area contributed by atoms with Crippen LogP contribution in [-0.4, -0.2) is 37.3 Å². The maximum Gasteiger partial charge on any atom is 0.191 e. The highest BCUT2D eigenvalue weighted by molar-refractivity contribution is 14.0. The van der Waals surface area contributed by atoms with Gasteiger partial charge in [-0.1, -0.05) is 26.2 Å². The van der Waals surface area contributed by atoms with E-state index in [-0.39, 0.29) is 30.6 Å². The van der Waals surface area contributed by atoms with Crippen LogP contribution in [0.3, 0.4) is 0 Å². The highest BCUT2D eigenvalue weighted by Crippen LogP contribution is 2.31. The molecule has 0 heterocycles. The number of halogens is 1. The molecule has 0 aliphatic heterocycles. The Kier molecular flexibility index (Phi) is 12.7. The first-order valence-electron chi connectivity index (χ1n) is 7.93. The molecule has 0 aromatic rings. The van der Waals surface area contributed by atoms with Crippen molar-refractivity contribution in [1.82, 2.24) is 10.6 Å². The zero-order valence-corrected chi connectivity index (χ0v) is 15.4. The fourth-order valence-corrected chi connectivity index (χ4v) is 2.28. The highest BCUT2D eigenvalue weighted by Gasteiger charge is 2.20. The van der Waals surface area contributed by atoms with E-state index < -0.39 is 0 Å². The van der Waals surface area contributed by atoms with Gasteiger partial charge in [-0.2, -0.15) is 0 Å². The molecule has 0 spiro atoms. The lowest BCUT2D eigenvalue weighted by molar-refractivity contribution is 0.253. The summed E-state index contributed by atoms with van der Waals surface area (Å²) < 4.78 is 0. The van der Waals surface area contributed by atoms with Crippen LogP contribution >= 0.6 is 24.0 Å². The van der Waals surface area contributed by atoms with Crippen LogP contribution in [0.4, 0.5) is 0 Å². The van der Waals surface area contributed by atoms with Gasteiger partial charge in [0.2, 0.25) is 0 Å². The number of aliphatic hydroxyl groups excluding tert-OH is 1. The second-order valence-electron chi connectivity index (χ2n) is 5.55. The van der Waals surface area contributed by atoms with Crippen molar-refractivity contribution in [1.29, 1.82) is 0 Å². The molecule has 4 nitrogen and oxygen atoms in total. The standard InChI is InChI=1S/C15H31N3O.HI/c1-3-5-14(9-11-19)12-18-15(16-4-2)17-10-8-13-6-7-13;/h13-14,19H,3-12H2,1-2H3,(H2,16,17,18);1H. The lowest BCUT2D eigenvalue weighted by Crippen LogP contribution is -2.38. The van der Waals surface area contributed by atoms with Crippen molar-refractivity contribution in [2.24, 2.45) is 16.8 Å². The normalized spacial score (nSPS) is 16.4. The molecular weight excluding hydrogens is 365 g/mol. The second-order valence-corrected chi connectivity index (χ2v) is 5.55. The Morgan fingerprint density at radius 2 is 2.00 bits per heavy atom. The van der Waals surface area contributed by atoms with Crippen LogP contribution in [0, 0.1) is 11.8 Å². The quantitative estimate of drug-likeness (QED) is 0.302. The van der Waals surface area contributed by atoms with Crippen LogP contribution in [0.5, 0.6) is 0 Å². The summed E-state index contributed by atoms with van der Waals surface area (Å²) in [7, 11) is 0. The predicted octanol–water partition coefficient (Wildman–Crippen LogP) is 2.76. The number of hydrogen-bond acceptors (Lipinski definition) is 2. The number of rotatable bonds is 10. The second kappa shape index (κ2) is 12.7. The first kappa shape index (κ1) is 20.0. The largest absolute Gasteiger partial charge is 0.396 e. The van der Waals surface area contributed by atoms with Crippen LogP contribution in [0.2, 0.25) is 0 Å². The summed E-state index contributed by atoms with van der Waals surface area (Å²) in [5.41, 5.74) is 0. The van der Waals surface area contributed by atoms with Crippen LogP contribution in [0.1, 0.15) is 52.4 Å². The van der Waals surface area contributed by atoms with Crippen LogP contribution in [-0.2, 0) is 0 Å². The topological polar surface area (TPSA) is 56.7 Å². The Bertz CT molecular complexity index is 252. The molecule has 1 rings (SSSR count). The minimum Gasteiger partial charge on any atom is -0.396 e. The zero-order valence-electron chi connectivity index (χ0n) is 13.0. The molecule has 0 aromatic heterocycles. The van der Waals surface area contributed by atoms with Crippen LogP contribution in [0.25, 0.3) is 0 Å². The highest BCUT2D eigenvalue weighted by atomic mass is 127. The average molecular weight is 397 g/mol. The first-order chi connectivity index (χ1) is 9.30. The number of aliphatic hydroxyl groups is 1. The molecule has 1 unspecified atom stereocenters.